The lowest BCUT2D eigenvalue weighted by atomic mass is 10.1. The Morgan fingerprint density at radius 2 is 2.26 bits per heavy atom. The Kier molecular flexibility index (Phi) is 4.42. The summed E-state index contributed by atoms with van der Waals surface area (Å²) in [5, 5.41) is 19.6. The summed E-state index contributed by atoms with van der Waals surface area (Å²) in [6.07, 6.45) is 0. The number of nitrogen functional groups attached to an aromatic ring is 1. The van der Waals surface area contributed by atoms with Crippen molar-refractivity contribution < 1.29 is 9.72 Å². The molecule has 2 N–H and O–H groups in total. The minimum absolute atomic E-state index is 0.0716. The summed E-state index contributed by atoms with van der Waals surface area (Å²) >= 11 is 0. The van der Waals surface area contributed by atoms with Gasteiger partial charge in [-0.1, -0.05) is 0 Å². The van der Waals surface area contributed by atoms with Crippen molar-refractivity contribution in [3.05, 3.63) is 33.9 Å². The molecule has 0 saturated carbocycles. The van der Waals surface area contributed by atoms with E-state index in [4.69, 9.17) is 11.0 Å². The summed E-state index contributed by atoms with van der Waals surface area (Å²) in [5.41, 5.74) is 5.45. The van der Waals surface area contributed by atoms with Gasteiger partial charge in [-0.3, -0.25) is 14.9 Å². The average Bonchev–Trinajstić information content (AvgIpc) is 2.36. The third-order valence-corrected chi connectivity index (χ3v) is 2.56. The highest BCUT2D eigenvalue weighted by Gasteiger charge is 2.23. The highest BCUT2D eigenvalue weighted by atomic mass is 16.6. The average molecular weight is 262 g/mol. The minimum Gasteiger partial charge on any atom is -0.399 e. The number of amides is 1. The maximum Gasteiger partial charge on any atom is 0.282 e. The fourth-order valence-corrected chi connectivity index (χ4v) is 1.62. The van der Waals surface area contributed by atoms with Gasteiger partial charge in [0.2, 0.25) is 0 Å². The Bertz CT molecular complexity index is 550. The van der Waals surface area contributed by atoms with Crippen LogP contribution in [0, 0.1) is 27.4 Å². The summed E-state index contributed by atoms with van der Waals surface area (Å²) in [5.74, 6) is -0.879. The number of nitrogens with zero attached hydrogens (tertiary/aromatic N) is 3. The van der Waals surface area contributed by atoms with E-state index in [2.05, 4.69) is 0 Å². The van der Waals surface area contributed by atoms with Gasteiger partial charge in [0.25, 0.3) is 11.6 Å². The monoisotopic (exact) mass is 262 g/mol. The van der Waals surface area contributed by atoms with Crippen molar-refractivity contribution >= 4 is 17.3 Å². The lowest BCUT2D eigenvalue weighted by Crippen LogP contribution is -2.31. The third kappa shape index (κ3) is 3.42. The van der Waals surface area contributed by atoms with Crippen LogP contribution in [0.1, 0.15) is 17.3 Å². The quantitative estimate of drug-likeness (QED) is 0.500. The van der Waals surface area contributed by atoms with E-state index < -0.39 is 10.8 Å². The molecule has 7 heteroatoms. The van der Waals surface area contributed by atoms with Crippen molar-refractivity contribution in [1.29, 1.82) is 5.26 Å². The summed E-state index contributed by atoms with van der Waals surface area (Å²) < 4.78 is 0. The van der Waals surface area contributed by atoms with Crippen LogP contribution in [0.5, 0.6) is 0 Å². The molecule has 0 aromatic heterocycles. The first-order valence-corrected chi connectivity index (χ1v) is 5.55. The van der Waals surface area contributed by atoms with Gasteiger partial charge >= 0.3 is 0 Å². The molecule has 1 aromatic carbocycles. The number of hydrogen-bond donors (Lipinski definition) is 1. The number of carbonyl (C=O) groups is 1. The van der Waals surface area contributed by atoms with Crippen LogP contribution in [-0.2, 0) is 0 Å². The zero-order valence-electron chi connectivity index (χ0n) is 10.7. The maximum atomic E-state index is 12.1. The highest BCUT2D eigenvalue weighted by Crippen LogP contribution is 2.22. The molecule has 1 atom stereocenters. The topological polar surface area (TPSA) is 113 Å². The van der Waals surface area contributed by atoms with Crippen molar-refractivity contribution in [3.63, 3.8) is 0 Å². The van der Waals surface area contributed by atoms with Crippen molar-refractivity contribution in [1.82, 2.24) is 4.90 Å². The molecule has 100 valence electrons. The predicted molar refractivity (Wildman–Crippen MR) is 69.2 cm³/mol. The molecule has 0 heterocycles. The van der Waals surface area contributed by atoms with E-state index in [1.54, 1.807) is 6.92 Å². The highest BCUT2D eigenvalue weighted by molar-refractivity contribution is 5.98. The van der Waals surface area contributed by atoms with Gasteiger partial charge in [-0.2, -0.15) is 5.26 Å². The molecule has 1 unspecified atom stereocenters. The first-order valence-electron chi connectivity index (χ1n) is 5.55. The van der Waals surface area contributed by atoms with Crippen molar-refractivity contribution in [2.24, 2.45) is 5.92 Å². The zero-order valence-corrected chi connectivity index (χ0v) is 10.7. The summed E-state index contributed by atoms with van der Waals surface area (Å²) in [6, 6.07) is 5.84. The molecule has 0 aliphatic carbocycles. The Labute approximate surface area is 110 Å². The molecular weight excluding hydrogens is 248 g/mol. The first kappa shape index (κ1) is 14.4. The Morgan fingerprint density at radius 3 is 2.79 bits per heavy atom. The van der Waals surface area contributed by atoms with E-state index in [1.165, 1.54) is 30.1 Å². The summed E-state index contributed by atoms with van der Waals surface area (Å²) in [4.78, 5) is 23.7. The van der Waals surface area contributed by atoms with Gasteiger partial charge in [0, 0.05) is 25.3 Å². The number of benzene rings is 1. The maximum absolute atomic E-state index is 12.1. The number of nitrogens with two attached hydrogens (primary N) is 1. The normalized spacial score (nSPS) is 11.4. The molecule has 1 rings (SSSR count). The van der Waals surface area contributed by atoms with E-state index in [-0.39, 0.29) is 29.4 Å². The number of nitriles is 1. The van der Waals surface area contributed by atoms with Crippen LogP contribution in [0.4, 0.5) is 11.4 Å². The van der Waals surface area contributed by atoms with Gasteiger partial charge < -0.3 is 10.6 Å². The number of nitro benzene ring substituents is 1. The summed E-state index contributed by atoms with van der Waals surface area (Å²) in [6.45, 7) is 1.86. The number of carbonyl (C=O) groups excluding carboxylic acids is 1. The zero-order chi connectivity index (χ0) is 14.6. The van der Waals surface area contributed by atoms with Crippen molar-refractivity contribution in [3.8, 4) is 6.07 Å². The van der Waals surface area contributed by atoms with Gasteiger partial charge in [0.1, 0.15) is 5.56 Å². The van der Waals surface area contributed by atoms with E-state index in [1.807, 2.05) is 6.07 Å². The standard InChI is InChI=1S/C12H14N4O3/c1-8(6-13)7-15(2)12(17)10-5-9(14)3-4-11(10)16(18)19/h3-5,8H,7,14H2,1-2H3. The number of nitro groups is 1. The number of hydrogen-bond acceptors (Lipinski definition) is 5. The molecular formula is C12H14N4O3. The van der Waals surface area contributed by atoms with Crippen LogP contribution in [0.3, 0.4) is 0 Å². The van der Waals surface area contributed by atoms with Gasteiger partial charge in [-0.05, 0) is 19.1 Å². The molecule has 0 aliphatic heterocycles. The van der Waals surface area contributed by atoms with E-state index in [0.29, 0.717) is 0 Å². The van der Waals surface area contributed by atoms with Crippen molar-refractivity contribution in [2.45, 2.75) is 6.92 Å². The van der Waals surface area contributed by atoms with Gasteiger partial charge in [0.05, 0.1) is 16.9 Å². The molecule has 1 aromatic rings. The lowest BCUT2D eigenvalue weighted by molar-refractivity contribution is -0.385. The van der Waals surface area contributed by atoms with Crippen LogP contribution < -0.4 is 5.73 Å². The Hall–Kier alpha value is -2.62. The first-order chi connectivity index (χ1) is 8.86. The van der Waals surface area contributed by atoms with Crippen LogP contribution in [0.2, 0.25) is 0 Å². The molecule has 0 fully saturated rings. The van der Waals surface area contributed by atoms with Crippen LogP contribution in [0.25, 0.3) is 0 Å². The Balaban J connectivity index is 3.08. The van der Waals surface area contributed by atoms with E-state index >= 15 is 0 Å². The van der Waals surface area contributed by atoms with Crippen molar-refractivity contribution in [2.75, 3.05) is 19.3 Å². The van der Waals surface area contributed by atoms with Crippen LogP contribution >= 0.6 is 0 Å². The second kappa shape index (κ2) is 5.82. The van der Waals surface area contributed by atoms with Gasteiger partial charge in [-0.15, -0.1) is 0 Å². The fourth-order valence-electron chi connectivity index (χ4n) is 1.62. The van der Waals surface area contributed by atoms with Crippen LogP contribution in [0.15, 0.2) is 18.2 Å². The van der Waals surface area contributed by atoms with E-state index in [9.17, 15) is 14.9 Å². The molecule has 0 aliphatic rings. The second-order valence-corrected chi connectivity index (χ2v) is 4.25. The predicted octanol–water partition coefficient (Wildman–Crippen LogP) is 1.41. The molecule has 0 bridgehead atoms. The molecule has 0 radical (unpaired) electrons. The summed E-state index contributed by atoms with van der Waals surface area (Å²) in [7, 11) is 1.49. The largest absolute Gasteiger partial charge is 0.399 e. The number of anilines is 1. The van der Waals surface area contributed by atoms with Gasteiger partial charge in [0.15, 0.2) is 0 Å². The fraction of sp³-hybridized carbons (Fsp3) is 0.333. The SMILES string of the molecule is CC(C#N)CN(C)C(=O)c1cc(N)ccc1[N+](=O)[O-]. The lowest BCUT2D eigenvalue weighted by Gasteiger charge is -2.18. The molecule has 7 nitrogen and oxygen atoms in total. The Morgan fingerprint density at radius 1 is 1.63 bits per heavy atom. The molecule has 19 heavy (non-hydrogen) atoms. The molecule has 0 spiro atoms. The van der Waals surface area contributed by atoms with E-state index in [0.717, 1.165) is 0 Å². The van der Waals surface area contributed by atoms with Gasteiger partial charge in [-0.25, -0.2) is 0 Å². The second-order valence-electron chi connectivity index (χ2n) is 4.25. The van der Waals surface area contributed by atoms with Crippen LogP contribution in [-0.4, -0.2) is 29.3 Å². The smallest absolute Gasteiger partial charge is 0.282 e. The molecule has 1 amide bonds. The minimum atomic E-state index is -0.631. The number of rotatable bonds is 4. The molecule has 0 saturated heterocycles. The third-order valence-electron chi connectivity index (χ3n) is 2.56.